The van der Waals surface area contributed by atoms with Gasteiger partial charge in [0, 0.05) is 28.2 Å². The molecule has 0 saturated heterocycles. The van der Waals surface area contributed by atoms with Gasteiger partial charge < -0.3 is 14.4 Å². The molecule has 1 heterocycles. The number of rotatable bonds is 9. The van der Waals surface area contributed by atoms with Gasteiger partial charge in [0.15, 0.2) is 0 Å². The Morgan fingerprint density at radius 2 is 1.51 bits per heavy atom. The van der Waals surface area contributed by atoms with Crippen LogP contribution in [0.3, 0.4) is 0 Å². The number of amides is 1. The number of halogens is 1. The molecule has 1 unspecified atom stereocenters. The third-order valence-corrected chi connectivity index (χ3v) is 7.05. The minimum Gasteiger partial charge on any atom is -0.488 e. The smallest absolute Gasteiger partial charge is 0.210 e. The van der Waals surface area contributed by atoms with Crippen molar-refractivity contribution in [3.8, 4) is 11.5 Å². The highest BCUT2D eigenvalue weighted by atomic mass is 79.9. The van der Waals surface area contributed by atoms with Gasteiger partial charge in [-0.05, 0) is 52.9 Å². The van der Waals surface area contributed by atoms with E-state index >= 15 is 0 Å². The van der Waals surface area contributed by atoms with E-state index < -0.39 is 0 Å². The first-order valence-electron chi connectivity index (χ1n) is 12.2. The molecular weight excluding hydrogens is 526 g/mol. The lowest BCUT2D eigenvalue weighted by atomic mass is 9.93. The lowest BCUT2D eigenvalue weighted by Crippen LogP contribution is -2.22. The summed E-state index contributed by atoms with van der Waals surface area (Å²) in [4.78, 5) is 14.0. The van der Waals surface area contributed by atoms with E-state index in [9.17, 15) is 4.79 Å². The highest BCUT2D eigenvalue weighted by Gasteiger charge is 2.33. The Hall–Kier alpha value is -3.83. The fourth-order valence-electron chi connectivity index (χ4n) is 4.73. The van der Waals surface area contributed by atoms with Gasteiger partial charge in [0.05, 0.1) is 6.04 Å². The molecule has 186 valence electrons. The molecule has 5 rings (SSSR count). The van der Waals surface area contributed by atoms with Crippen molar-refractivity contribution in [2.75, 3.05) is 0 Å². The van der Waals surface area contributed by atoms with E-state index in [0.29, 0.717) is 31.3 Å². The predicted octanol–water partition coefficient (Wildman–Crippen LogP) is 7.70. The predicted molar refractivity (Wildman–Crippen MR) is 150 cm³/mol. The second-order valence-corrected chi connectivity index (χ2v) is 10.2. The molecule has 5 heteroatoms. The summed E-state index contributed by atoms with van der Waals surface area (Å²) >= 11 is 3.57. The molecule has 4 aromatic carbocycles. The van der Waals surface area contributed by atoms with Gasteiger partial charge >= 0.3 is 0 Å². The maximum Gasteiger partial charge on any atom is 0.210 e. The molecule has 4 nitrogen and oxygen atoms in total. The number of benzene rings is 4. The van der Waals surface area contributed by atoms with Crippen LogP contribution in [0.15, 0.2) is 102 Å². The summed E-state index contributed by atoms with van der Waals surface area (Å²) in [5, 5.41) is 0. The highest BCUT2D eigenvalue weighted by Crippen LogP contribution is 2.45. The molecular formula is C32H28BrNO3. The number of carbonyl (C=O) groups is 1. The van der Waals surface area contributed by atoms with Gasteiger partial charge in [-0.15, -0.1) is 0 Å². The number of carbonyl (C=O) groups excluding carboxylic acids is 1. The van der Waals surface area contributed by atoms with Crippen LogP contribution in [0.25, 0.3) is 5.57 Å². The van der Waals surface area contributed by atoms with Crippen molar-refractivity contribution in [2.24, 2.45) is 0 Å². The second-order valence-electron chi connectivity index (χ2n) is 9.24. The van der Waals surface area contributed by atoms with Crippen LogP contribution >= 0.6 is 15.9 Å². The molecule has 1 aliphatic rings. The Bertz CT molecular complexity index is 1420. The quantitative estimate of drug-likeness (QED) is 0.199. The molecule has 4 aromatic rings. The zero-order valence-corrected chi connectivity index (χ0v) is 22.3. The summed E-state index contributed by atoms with van der Waals surface area (Å²) < 4.78 is 13.7. The number of fused-ring (bicyclic) bond motifs is 1. The molecule has 0 aliphatic carbocycles. The Balaban J connectivity index is 1.59. The van der Waals surface area contributed by atoms with Crippen molar-refractivity contribution in [3.63, 3.8) is 0 Å². The Morgan fingerprint density at radius 3 is 2.11 bits per heavy atom. The van der Waals surface area contributed by atoms with Crippen molar-refractivity contribution in [1.82, 2.24) is 4.90 Å². The summed E-state index contributed by atoms with van der Waals surface area (Å²) in [6.07, 6.45) is 0.916. The molecule has 0 aromatic heterocycles. The number of allylic oxidation sites excluding steroid dienone is 1. The molecule has 1 aliphatic heterocycles. The lowest BCUT2D eigenvalue weighted by Gasteiger charge is -2.26. The summed E-state index contributed by atoms with van der Waals surface area (Å²) in [6, 6.07) is 30.0. The van der Waals surface area contributed by atoms with Crippen molar-refractivity contribution >= 4 is 27.9 Å². The van der Waals surface area contributed by atoms with Gasteiger partial charge in [-0.3, -0.25) is 4.79 Å². The van der Waals surface area contributed by atoms with Gasteiger partial charge in [0.2, 0.25) is 6.41 Å². The minimum atomic E-state index is -0.271. The maximum absolute atomic E-state index is 12.2. The van der Waals surface area contributed by atoms with E-state index in [2.05, 4.69) is 40.7 Å². The van der Waals surface area contributed by atoms with Crippen molar-refractivity contribution in [3.05, 3.63) is 135 Å². The molecule has 0 saturated carbocycles. The second kappa shape index (κ2) is 11.1. The van der Waals surface area contributed by atoms with Gasteiger partial charge in [-0.2, -0.15) is 0 Å². The van der Waals surface area contributed by atoms with Crippen molar-refractivity contribution in [2.45, 2.75) is 32.7 Å². The summed E-state index contributed by atoms with van der Waals surface area (Å²) in [5.41, 5.74) is 7.03. The van der Waals surface area contributed by atoms with E-state index in [1.807, 2.05) is 84.6 Å². The van der Waals surface area contributed by atoms with Crippen LogP contribution in [0.2, 0.25) is 0 Å². The highest BCUT2D eigenvalue weighted by molar-refractivity contribution is 9.10. The summed E-state index contributed by atoms with van der Waals surface area (Å²) in [6.45, 7) is 7.55. The van der Waals surface area contributed by atoms with Crippen LogP contribution < -0.4 is 9.47 Å². The third kappa shape index (κ3) is 5.47. The van der Waals surface area contributed by atoms with Crippen LogP contribution in [0, 0.1) is 0 Å². The normalized spacial score (nSPS) is 14.2. The zero-order chi connectivity index (χ0) is 25.8. The summed E-state index contributed by atoms with van der Waals surface area (Å²) in [5.74, 6) is 1.39. The van der Waals surface area contributed by atoms with Gasteiger partial charge in [0.1, 0.15) is 24.7 Å². The number of ether oxygens (including phenoxy) is 2. The Morgan fingerprint density at radius 1 is 0.892 bits per heavy atom. The largest absolute Gasteiger partial charge is 0.488 e. The van der Waals surface area contributed by atoms with Gasteiger partial charge in [-0.25, -0.2) is 0 Å². The van der Waals surface area contributed by atoms with Crippen LogP contribution in [0.4, 0.5) is 0 Å². The van der Waals surface area contributed by atoms with E-state index in [1.165, 1.54) is 0 Å². The standard InChI is InChI=1S/C32H28BrNO3/c1-22(2)28-16-29(32-27-14-13-26(33)15-25(27)18-34(32)21-35)31(37-20-24-11-7-4-8-12-24)17-30(28)36-19-23-9-5-3-6-10-23/h3-17,21,32H,1,18-20H2,2H3. The Labute approximate surface area is 226 Å². The molecule has 0 spiro atoms. The van der Waals surface area contributed by atoms with Gasteiger partial charge in [-0.1, -0.05) is 89.2 Å². The summed E-state index contributed by atoms with van der Waals surface area (Å²) in [7, 11) is 0. The topological polar surface area (TPSA) is 38.8 Å². The fraction of sp³-hybridized carbons (Fsp3) is 0.156. The zero-order valence-electron chi connectivity index (χ0n) is 20.7. The van der Waals surface area contributed by atoms with E-state index in [0.717, 1.165) is 49.8 Å². The van der Waals surface area contributed by atoms with Crippen molar-refractivity contribution < 1.29 is 14.3 Å². The number of hydrogen-bond donors (Lipinski definition) is 0. The van der Waals surface area contributed by atoms with Crippen LogP contribution in [-0.4, -0.2) is 11.3 Å². The van der Waals surface area contributed by atoms with Gasteiger partial charge in [0.25, 0.3) is 0 Å². The first kappa shape index (κ1) is 24.8. The van der Waals surface area contributed by atoms with Crippen LogP contribution in [0.1, 0.15) is 46.3 Å². The average molecular weight is 554 g/mol. The fourth-order valence-corrected chi connectivity index (χ4v) is 5.14. The molecule has 1 amide bonds. The van der Waals surface area contributed by atoms with Crippen LogP contribution in [0.5, 0.6) is 11.5 Å². The molecule has 0 N–H and O–H groups in total. The average Bonchev–Trinajstić information content (AvgIpc) is 3.29. The first-order valence-corrected chi connectivity index (χ1v) is 13.0. The minimum absolute atomic E-state index is 0.271. The van der Waals surface area contributed by atoms with E-state index in [4.69, 9.17) is 9.47 Å². The SMILES string of the molecule is C=C(C)c1cc(C2c3ccc(Br)cc3CN2C=O)c(OCc2ccccc2)cc1OCc1ccccc1. The van der Waals surface area contributed by atoms with Crippen LogP contribution in [-0.2, 0) is 24.6 Å². The first-order chi connectivity index (χ1) is 18.0. The maximum atomic E-state index is 12.2. The van der Waals surface area contributed by atoms with E-state index in [1.54, 1.807) is 0 Å². The van der Waals surface area contributed by atoms with Crippen molar-refractivity contribution in [1.29, 1.82) is 0 Å². The molecule has 0 radical (unpaired) electrons. The third-order valence-electron chi connectivity index (χ3n) is 6.56. The lowest BCUT2D eigenvalue weighted by molar-refractivity contribution is -0.119. The molecule has 0 bridgehead atoms. The number of hydrogen-bond acceptors (Lipinski definition) is 3. The Kier molecular flexibility index (Phi) is 7.42. The molecule has 1 atom stereocenters. The van der Waals surface area contributed by atoms with E-state index in [-0.39, 0.29) is 6.04 Å². The molecule has 0 fully saturated rings. The monoisotopic (exact) mass is 553 g/mol. The molecule has 37 heavy (non-hydrogen) atoms. The number of nitrogens with zero attached hydrogens (tertiary/aromatic N) is 1.